The zero-order valence-electron chi connectivity index (χ0n) is 13.1. The van der Waals surface area contributed by atoms with Gasteiger partial charge in [-0.25, -0.2) is 0 Å². The van der Waals surface area contributed by atoms with Crippen LogP contribution in [-0.2, 0) is 12.8 Å². The maximum Gasteiger partial charge on any atom is 0.0448 e. The predicted octanol–water partition coefficient (Wildman–Crippen LogP) is 4.39. The van der Waals surface area contributed by atoms with Gasteiger partial charge >= 0.3 is 0 Å². The van der Waals surface area contributed by atoms with Crippen molar-refractivity contribution in [3.05, 3.63) is 52.0 Å². The number of nitrogens with zero attached hydrogens (tertiary/aromatic N) is 1. The van der Waals surface area contributed by atoms with Gasteiger partial charge in [-0.3, -0.25) is 4.98 Å². The molecule has 2 aromatic rings. The normalized spacial score (nSPS) is 12.5. The topological polar surface area (TPSA) is 24.9 Å². The van der Waals surface area contributed by atoms with Crippen LogP contribution in [0.25, 0.3) is 0 Å². The van der Waals surface area contributed by atoms with Gasteiger partial charge in [0.25, 0.3) is 0 Å². The molecule has 114 valence electrons. The number of hydrogen-bond acceptors (Lipinski definition) is 3. The molecule has 2 rings (SSSR count). The van der Waals surface area contributed by atoms with E-state index >= 15 is 0 Å². The standard InChI is InChI=1S/C18H26N2S/c1-3-11-19-16(8-4-9-17-10-6-13-21-17)14-18-15(2)7-5-12-20-18/h5-7,10,12-13,16,19H,3-4,8-9,11,14H2,1-2H3. The van der Waals surface area contributed by atoms with Crippen molar-refractivity contribution in [2.45, 2.75) is 52.0 Å². The van der Waals surface area contributed by atoms with Gasteiger partial charge in [0.2, 0.25) is 0 Å². The van der Waals surface area contributed by atoms with Crippen LogP contribution in [0.2, 0.25) is 0 Å². The lowest BCUT2D eigenvalue weighted by molar-refractivity contribution is 0.461. The first-order valence-corrected chi connectivity index (χ1v) is 8.83. The lowest BCUT2D eigenvalue weighted by atomic mass is 10.0. The summed E-state index contributed by atoms with van der Waals surface area (Å²) in [6, 6.07) is 9.10. The van der Waals surface area contributed by atoms with E-state index in [-0.39, 0.29) is 0 Å². The molecule has 0 saturated heterocycles. The van der Waals surface area contributed by atoms with Gasteiger partial charge in [0.1, 0.15) is 0 Å². The van der Waals surface area contributed by atoms with Crippen LogP contribution in [0, 0.1) is 6.92 Å². The number of aryl methyl sites for hydroxylation is 2. The van der Waals surface area contributed by atoms with Gasteiger partial charge in [0, 0.05) is 29.2 Å². The van der Waals surface area contributed by atoms with Crippen LogP contribution in [0.3, 0.4) is 0 Å². The van der Waals surface area contributed by atoms with Gasteiger partial charge in [0.05, 0.1) is 0 Å². The van der Waals surface area contributed by atoms with E-state index in [0.29, 0.717) is 6.04 Å². The number of pyridine rings is 1. The SMILES string of the molecule is CCCNC(CCCc1cccs1)Cc1ncccc1C. The highest BCUT2D eigenvalue weighted by atomic mass is 32.1. The fourth-order valence-electron chi connectivity index (χ4n) is 2.57. The summed E-state index contributed by atoms with van der Waals surface area (Å²) in [5.74, 6) is 0. The Hall–Kier alpha value is -1.19. The van der Waals surface area contributed by atoms with Crippen molar-refractivity contribution in [2.24, 2.45) is 0 Å². The van der Waals surface area contributed by atoms with Crippen molar-refractivity contribution in [2.75, 3.05) is 6.54 Å². The fourth-order valence-corrected chi connectivity index (χ4v) is 3.32. The molecule has 0 amide bonds. The maximum atomic E-state index is 4.55. The fraction of sp³-hybridized carbons (Fsp3) is 0.500. The first kappa shape index (κ1) is 16.2. The van der Waals surface area contributed by atoms with Crippen molar-refractivity contribution in [1.82, 2.24) is 10.3 Å². The van der Waals surface area contributed by atoms with Crippen molar-refractivity contribution < 1.29 is 0 Å². The lowest BCUT2D eigenvalue weighted by Gasteiger charge is -2.19. The van der Waals surface area contributed by atoms with Crippen LogP contribution >= 0.6 is 11.3 Å². The second kappa shape index (κ2) is 8.96. The molecule has 1 N–H and O–H groups in total. The van der Waals surface area contributed by atoms with Crippen molar-refractivity contribution in [3.63, 3.8) is 0 Å². The van der Waals surface area contributed by atoms with Crippen molar-refractivity contribution in [1.29, 1.82) is 0 Å². The molecule has 0 aliphatic carbocycles. The highest BCUT2D eigenvalue weighted by molar-refractivity contribution is 7.09. The molecule has 0 radical (unpaired) electrons. The Labute approximate surface area is 132 Å². The molecule has 2 nitrogen and oxygen atoms in total. The average molecular weight is 302 g/mol. The Morgan fingerprint density at radius 1 is 1.29 bits per heavy atom. The molecule has 0 aliphatic rings. The van der Waals surface area contributed by atoms with E-state index < -0.39 is 0 Å². The summed E-state index contributed by atoms with van der Waals surface area (Å²) in [5.41, 5.74) is 2.54. The first-order valence-electron chi connectivity index (χ1n) is 7.96. The van der Waals surface area contributed by atoms with Gasteiger partial charge in [-0.2, -0.15) is 0 Å². The molecule has 0 bridgehead atoms. The van der Waals surface area contributed by atoms with E-state index in [9.17, 15) is 0 Å². The van der Waals surface area contributed by atoms with E-state index in [2.05, 4.69) is 47.7 Å². The predicted molar refractivity (Wildman–Crippen MR) is 92.0 cm³/mol. The van der Waals surface area contributed by atoms with Crippen molar-refractivity contribution >= 4 is 11.3 Å². The summed E-state index contributed by atoms with van der Waals surface area (Å²) < 4.78 is 0. The zero-order chi connectivity index (χ0) is 14.9. The van der Waals surface area contributed by atoms with Crippen LogP contribution in [0.15, 0.2) is 35.8 Å². The summed E-state index contributed by atoms with van der Waals surface area (Å²) in [5, 5.41) is 5.85. The molecule has 2 heterocycles. The van der Waals surface area contributed by atoms with Crippen LogP contribution in [0.4, 0.5) is 0 Å². The third kappa shape index (κ3) is 5.60. The molecular weight excluding hydrogens is 276 g/mol. The molecule has 0 spiro atoms. The highest BCUT2D eigenvalue weighted by Gasteiger charge is 2.11. The molecule has 0 saturated carbocycles. The Morgan fingerprint density at radius 3 is 2.90 bits per heavy atom. The van der Waals surface area contributed by atoms with Gasteiger partial charge in [-0.15, -0.1) is 11.3 Å². The number of aromatic nitrogens is 1. The molecule has 0 fully saturated rings. The number of rotatable bonds is 9. The summed E-state index contributed by atoms with van der Waals surface area (Å²) in [6.07, 6.45) is 7.79. The molecular formula is C18H26N2S. The molecule has 1 unspecified atom stereocenters. The number of hydrogen-bond donors (Lipinski definition) is 1. The van der Waals surface area contributed by atoms with Gasteiger partial charge in [-0.1, -0.05) is 19.1 Å². The molecule has 3 heteroatoms. The summed E-state index contributed by atoms with van der Waals surface area (Å²) in [7, 11) is 0. The second-order valence-corrected chi connectivity index (χ2v) is 6.63. The Morgan fingerprint density at radius 2 is 2.19 bits per heavy atom. The third-order valence-corrected chi connectivity index (χ3v) is 4.73. The summed E-state index contributed by atoms with van der Waals surface area (Å²) >= 11 is 1.87. The minimum Gasteiger partial charge on any atom is -0.314 e. The molecule has 2 aromatic heterocycles. The quantitative estimate of drug-likeness (QED) is 0.743. The Kier molecular flexibility index (Phi) is 6.90. The minimum atomic E-state index is 0.540. The number of nitrogens with one attached hydrogen (secondary N) is 1. The van der Waals surface area contributed by atoms with E-state index in [4.69, 9.17) is 0 Å². The van der Waals surface area contributed by atoms with Crippen LogP contribution in [0.1, 0.15) is 42.3 Å². The minimum absolute atomic E-state index is 0.540. The van der Waals surface area contributed by atoms with E-state index in [1.165, 1.54) is 41.8 Å². The Balaban J connectivity index is 1.86. The van der Waals surface area contributed by atoms with Gasteiger partial charge in [-0.05, 0) is 62.2 Å². The van der Waals surface area contributed by atoms with Gasteiger partial charge < -0.3 is 5.32 Å². The molecule has 0 aromatic carbocycles. The number of thiophene rings is 1. The van der Waals surface area contributed by atoms with E-state index in [1.54, 1.807) is 0 Å². The van der Waals surface area contributed by atoms with Crippen LogP contribution < -0.4 is 5.32 Å². The van der Waals surface area contributed by atoms with Gasteiger partial charge in [0.15, 0.2) is 0 Å². The largest absolute Gasteiger partial charge is 0.314 e. The second-order valence-electron chi connectivity index (χ2n) is 5.59. The average Bonchev–Trinajstić information content (AvgIpc) is 3.00. The van der Waals surface area contributed by atoms with Crippen LogP contribution in [0.5, 0.6) is 0 Å². The first-order chi connectivity index (χ1) is 10.3. The monoisotopic (exact) mass is 302 g/mol. The summed E-state index contributed by atoms with van der Waals surface area (Å²) in [4.78, 5) is 6.04. The third-order valence-electron chi connectivity index (χ3n) is 3.80. The van der Waals surface area contributed by atoms with Crippen LogP contribution in [-0.4, -0.2) is 17.6 Å². The zero-order valence-corrected chi connectivity index (χ0v) is 14.0. The maximum absolute atomic E-state index is 4.55. The molecule has 21 heavy (non-hydrogen) atoms. The highest BCUT2D eigenvalue weighted by Crippen LogP contribution is 2.15. The summed E-state index contributed by atoms with van der Waals surface area (Å²) in [6.45, 7) is 5.47. The van der Waals surface area contributed by atoms with E-state index in [0.717, 1.165) is 13.0 Å². The Bertz CT molecular complexity index is 508. The molecule has 1 atom stereocenters. The van der Waals surface area contributed by atoms with Crippen molar-refractivity contribution in [3.8, 4) is 0 Å². The molecule has 0 aliphatic heterocycles. The lowest BCUT2D eigenvalue weighted by Crippen LogP contribution is -2.32. The smallest absolute Gasteiger partial charge is 0.0448 e. The van der Waals surface area contributed by atoms with E-state index in [1.807, 2.05) is 23.6 Å².